The zero-order valence-corrected chi connectivity index (χ0v) is 11.5. The van der Waals surface area contributed by atoms with Gasteiger partial charge < -0.3 is 4.74 Å². The van der Waals surface area contributed by atoms with Crippen LogP contribution in [0.4, 0.5) is 8.78 Å². The maximum absolute atomic E-state index is 13.1. The minimum atomic E-state index is -2.54. The predicted octanol–water partition coefficient (Wildman–Crippen LogP) is 3.89. The molecule has 0 spiro atoms. The van der Waals surface area contributed by atoms with Crippen LogP contribution in [0.25, 0.3) is 0 Å². The van der Waals surface area contributed by atoms with Crippen LogP contribution in [0.5, 0.6) is 0 Å². The molecule has 17 heavy (non-hydrogen) atoms. The van der Waals surface area contributed by atoms with Gasteiger partial charge in [-0.05, 0) is 18.6 Å². The van der Waals surface area contributed by atoms with Crippen LogP contribution in [-0.4, -0.2) is 30.0 Å². The summed E-state index contributed by atoms with van der Waals surface area (Å²) in [6, 6.07) is 0. The van der Waals surface area contributed by atoms with Crippen molar-refractivity contribution in [2.45, 2.75) is 51.9 Å². The van der Waals surface area contributed by atoms with Gasteiger partial charge in [0.2, 0.25) is 5.92 Å². The molecule has 0 aliphatic rings. The van der Waals surface area contributed by atoms with E-state index in [-0.39, 0.29) is 24.6 Å². The lowest BCUT2D eigenvalue weighted by Gasteiger charge is -2.14. The minimum absolute atomic E-state index is 0.0454. The van der Waals surface area contributed by atoms with Crippen LogP contribution in [0.1, 0.15) is 46.0 Å². The Morgan fingerprint density at radius 1 is 1.24 bits per heavy atom. The molecule has 0 heterocycles. The summed E-state index contributed by atoms with van der Waals surface area (Å²) in [5.41, 5.74) is 0. The Bertz CT molecular complexity index is 211. The lowest BCUT2D eigenvalue weighted by atomic mass is 10.1. The minimum Gasteiger partial charge on any atom is -0.465 e. The molecular weight excluding hydrogens is 246 g/mol. The van der Waals surface area contributed by atoms with Gasteiger partial charge in [0.05, 0.1) is 12.4 Å². The maximum atomic E-state index is 13.1. The standard InChI is InChI=1S/C12H22F2O2S/c1-3-6-12(13,14)7-5-9-17-10-11(15)16-8-4-2/h3-10H2,1-2H3. The fourth-order valence-corrected chi connectivity index (χ4v) is 2.08. The van der Waals surface area contributed by atoms with Crippen LogP contribution >= 0.6 is 11.8 Å². The average Bonchev–Trinajstić information content (AvgIpc) is 2.25. The van der Waals surface area contributed by atoms with Crippen LogP contribution in [0, 0.1) is 0 Å². The molecule has 2 nitrogen and oxygen atoms in total. The van der Waals surface area contributed by atoms with Gasteiger partial charge in [-0.3, -0.25) is 4.79 Å². The fourth-order valence-electron chi connectivity index (χ4n) is 1.34. The molecule has 0 bridgehead atoms. The van der Waals surface area contributed by atoms with Crippen LogP contribution in [0.2, 0.25) is 0 Å². The predicted molar refractivity (Wildman–Crippen MR) is 67.7 cm³/mol. The van der Waals surface area contributed by atoms with Gasteiger partial charge in [0.1, 0.15) is 0 Å². The van der Waals surface area contributed by atoms with Crippen LogP contribution in [0.3, 0.4) is 0 Å². The summed E-state index contributed by atoms with van der Waals surface area (Å²) < 4.78 is 31.0. The van der Waals surface area contributed by atoms with Gasteiger partial charge >= 0.3 is 5.97 Å². The quantitative estimate of drug-likeness (QED) is 0.444. The monoisotopic (exact) mass is 268 g/mol. The number of hydrogen-bond acceptors (Lipinski definition) is 3. The Hall–Kier alpha value is -0.320. The molecule has 0 saturated carbocycles. The second kappa shape index (κ2) is 9.68. The van der Waals surface area contributed by atoms with E-state index < -0.39 is 5.92 Å². The molecule has 0 amide bonds. The van der Waals surface area contributed by atoms with E-state index >= 15 is 0 Å². The van der Waals surface area contributed by atoms with Gasteiger partial charge in [-0.15, -0.1) is 0 Å². The highest BCUT2D eigenvalue weighted by atomic mass is 32.2. The molecule has 0 aromatic rings. The van der Waals surface area contributed by atoms with Crippen LogP contribution in [-0.2, 0) is 9.53 Å². The highest BCUT2D eigenvalue weighted by Gasteiger charge is 2.26. The number of esters is 1. The molecule has 0 unspecified atom stereocenters. The Balaban J connectivity index is 3.42. The molecule has 0 atom stereocenters. The number of hydrogen-bond donors (Lipinski definition) is 0. The first kappa shape index (κ1) is 16.7. The molecule has 5 heteroatoms. The van der Waals surface area contributed by atoms with Gasteiger partial charge in [0, 0.05) is 12.8 Å². The highest BCUT2D eigenvalue weighted by molar-refractivity contribution is 7.99. The summed E-state index contributed by atoms with van der Waals surface area (Å²) in [6.45, 7) is 4.12. The van der Waals surface area contributed by atoms with E-state index in [4.69, 9.17) is 4.74 Å². The maximum Gasteiger partial charge on any atom is 0.315 e. The van der Waals surface area contributed by atoms with Gasteiger partial charge in [-0.1, -0.05) is 20.3 Å². The number of carbonyl (C=O) groups is 1. The van der Waals surface area contributed by atoms with Crippen molar-refractivity contribution < 1.29 is 18.3 Å². The first-order valence-electron chi connectivity index (χ1n) is 6.13. The van der Waals surface area contributed by atoms with E-state index in [1.165, 1.54) is 11.8 Å². The van der Waals surface area contributed by atoms with E-state index in [0.717, 1.165) is 6.42 Å². The zero-order chi connectivity index (χ0) is 13.1. The summed E-state index contributed by atoms with van der Waals surface area (Å²) in [5, 5.41) is 0. The Kier molecular flexibility index (Phi) is 9.50. The molecule has 102 valence electrons. The van der Waals surface area contributed by atoms with Gasteiger partial charge in [0.15, 0.2) is 0 Å². The molecule has 0 rings (SSSR count). The largest absolute Gasteiger partial charge is 0.465 e. The van der Waals surface area contributed by atoms with Crippen molar-refractivity contribution in [3.63, 3.8) is 0 Å². The van der Waals surface area contributed by atoms with E-state index in [2.05, 4.69) is 0 Å². The van der Waals surface area contributed by atoms with Crippen molar-refractivity contribution in [2.24, 2.45) is 0 Å². The van der Waals surface area contributed by atoms with Crippen molar-refractivity contribution >= 4 is 17.7 Å². The molecule has 0 aromatic heterocycles. The summed E-state index contributed by atoms with van der Waals surface area (Å²) in [5.74, 6) is -1.95. The number of ether oxygens (including phenoxy) is 1. The number of rotatable bonds is 10. The Morgan fingerprint density at radius 3 is 2.53 bits per heavy atom. The van der Waals surface area contributed by atoms with Crippen molar-refractivity contribution in [1.82, 2.24) is 0 Å². The molecule has 0 aliphatic carbocycles. The molecule has 0 radical (unpaired) electrons. The van der Waals surface area contributed by atoms with Crippen molar-refractivity contribution in [2.75, 3.05) is 18.1 Å². The third-order valence-electron chi connectivity index (χ3n) is 2.13. The smallest absolute Gasteiger partial charge is 0.315 e. The second-order valence-electron chi connectivity index (χ2n) is 3.98. The lowest BCUT2D eigenvalue weighted by Crippen LogP contribution is -2.15. The summed E-state index contributed by atoms with van der Waals surface area (Å²) in [6.07, 6.45) is 1.62. The van der Waals surface area contributed by atoms with Crippen LogP contribution in [0.15, 0.2) is 0 Å². The topological polar surface area (TPSA) is 26.3 Å². The van der Waals surface area contributed by atoms with Gasteiger partial charge in [-0.25, -0.2) is 8.78 Å². The van der Waals surface area contributed by atoms with Crippen molar-refractivity contribution in [1.29, 1.82) is 0 Å². The summed E-state index contributed by atoms with van der Waals surface area (Å²) >= 11 is 1.36. The van der Waals surface area contributed by atoms with E-state index in [1.807, 2.05) is 6.92 Å². The molecular formula is C12H22F2O2S. The Labute approximate surface area is 106 Å². The Morgan fingerprint density at radius 2 is 1.94 bits per heavy atom. The van der Waals surface area contributed by atoms with Crippen LogP contribution < -0.4 is 0 Å². The number of thioether (sulfide) groups is 1. The third kappa shape index (κ3) is 10.5. The van der Waals surface area contributed by atoms with Crippen molar-refractivity contribution in [3.05, 3.63) is 0 Å². The SMILES string of the molecule is CCCOC(=O)CSCCCC(F)(F)CCC. The van der Waals surface area contributed by atoms with E-state index in [1.54, 1.807) is 6.92 Å². The summed E-state index contributed by atoms with van der Waals surface area (Å²) in [4.78, 5) is 11.1. The molecule has 0 aliphatic heterocycles. The fraction of sp³-hybridized carbons (Fsp3) is 0.917. The van der Waals surface area contributed by atoms with Crippen molar-refractivity contribution in [3.8, 4) is 0 Å². The van der Waals surface area contributed by atoms with E-state index in [9.17, 15) is 13.6 Å². The normalized spacial score (nSPS) is 11.5. The first-order chi connectivity index (χ1) is 8.02. The molecule has 0 aromatic carbocycles. The first-order valence-corrected chi connectivity index (χ1v) is 7.28. The van der Waals surface area contributed by atoms with Gasteiger partial charge in [0.25, 0.3) is 0 Å². The second-order valence-corrected chi connectivity index (χ2v) is 5.09. The van der Waals surface area contributed by atoms with E-state index in [0.29, 0.717) is 25.2 Å². The third-order valence-corrected chi connectivity index (χ3v) is 3.15. The highest BCUT2D eigenvalue weighted by Crippen LogP contribution is 2.26. The van der Waals surface area contributed by atoms with Gasteiger partial charge in [-0.2, -0.15) is 11.8 Å². The zero-order valence-electron chi connectivity index (χ0n) is 10.6. The lowest BCUT2D eigenvalue weighted by molar-refractivity contribution is -0.140. The molecule has 0 saturated heterocycles. The number of carbonyl (C=O) groups excluding carboxylic acids is 1. The average molecular weight is 268 g/mol. The number of halogens is 2. The summed E-state index contributed by atoms with van der Waals surface area (Å²) in [7, 11) is 0. The number of alkyl halides is 2. The molecule has 0 N–H and O–H groups in total. The molecule has 0 fully saturated rings.